The number of rotatable bonds is 4. The van der Waals surface area contributed by atoms with Crippen molar-refractivity contribution < 1.29 is 14.3 Å². The van der Waals surface area contributed by atoms with E-state index in [1.54, 1.807) is 24.3 Å². The van der Waals surface area contributed by atoms with Gasteiger partial charge in [-0.1, -0.05) is 22.9 Å². The highest BCUT2D eigenvalue weighted by Gasteiger charge is 2.12. The smallest absolute Gasteiger partial charge is 0.337 e. The molecule has 17 heavy (non-hydrogen) atoms. The Hall–Kier alpha value is -1.36. The van der Waals surface area contributed by atoms with E-state index in [1.165, 1.54) is 7.11 Å². The Balaban J connectivity index is 2.69. The van der Waals surface area contributed by atoms with Crippen molar-refractivity contribution in [3.8, 4) is 0 Å². The Bertz CT molecular complexity index is 403. The summed E-state index contributed by atoms with van der Waals surface area (Å²) >= 11 is 3.26. The first-order valence-electron chi connectivity index (χ1n) is 5.21. The lowest BCUT2D eigenvalue weighted by molar-refractivity contribution is -0.115. The van der Waals surface area contributed by atoms with Crippen LogP contribution in [0, 0.1) is 0 Å². The van der Waals surface area contributed by atoms with Crippen LogP contribution in [-0.4, -0.2) is 23.8 Å². The molecule has 0 spiro atoms. The first kappa shape index (κ1) is 13.7. The molecule has 0 radical (unpaired) electrons. The summed E-state index contributed by atoms with van der Waals surface area (Å²) < 4.78 is 4.58. The second-order valence-electron chi connectivity index (χ2n) is 3.43. The van der Waals surface area contributed by atoms with E-state index in [4.69, 9.17) is 0 Å². The summed E-state index contributed by atoms with van der Waals surface area (Å²) in [5, 5.41) is 2.74. The van der Waals surface area contributed by atoms with Crippen molar-refractivity contribution >= 4 is 33.5 Å². The molecule has 1 aromatic carbocycles. The largest absolute Gasteiger partial charge is 0.465 e. The lowest BCUT2D eigenvalue weighted by Gasteiger charge is -2.08. The summed E-state index contributed by atoms with van der Waals surface area (Å²) in [7, 11) is 1.33. The number of carbonyl (C=O) groups is 2. The number of amides is 1. The third-order valence-corrected chi connectivity index (χ3v) is 3.28. The van der Waals surface area contributed by atoms with E-state index in [1.807, 2.05) is 6.92 Å². The van der Waals surface area contributed by atoms with Gasteiger partial charge in [0.15, 0.2) is 0 Å². The van der Waals surface area contributed by atoms with Crippen LogP contribution in [-0.2, 0) is 9.53 Å². The minimum Gasteiger partial charge on any atom is -0.465 e. The predicted molar refractivity (Wildman–Crippen MR) is 69.4 cm³/mol. The van der Waals surface area contributed by atoms with Gasteiger partial charge in [-0.15, -0.1) is 0 Å². The molecule has 0 heterocycles. The molecule has 1 rings (SSSR count). The number of hydrogen-bond acceptors (Lipinski definition) is 3. The maximum absolute atomic E-state index is 11.6. The molecule has 0 aliphatic heterocycles. The van der Waals surface area contributed by atoms with Crippen molar-refractivity contribution in [2.75, 3.05) is 12.4 Å². The predicted octanol–water partition coefficient (Wildman–Crippen LogP) is 2.59. The zero-order valence-electron chi connectivity index (χ0n) is 9.70. The van der Waals surface area contributed by atoms with Crippen LogP contribution in [0.2, 0.25) is 0 Å². The Labute approximate surface area is 108 Å². The van der Waals surface area contributed by atoms with Gasteiger partial charge in [0.2, 0.25) is 5.91 Å². The third-order valence-electron chi connectivity index (χ3n) is 2.22. The van der Waals surface area contributed by atoms with Crippen LogP contribution in [0.4, 0.5) is 5.69 Å². The van der Waals surface area contributed by atoms with E-state index in [2.05, 4.69) is 26.0 Å². The molecule has 1 N–H and O–H groups in total. The second-order valence-corrected chi connectivity index (χ2v) is 4.54. The minimum atomic E-state index is -0.394. The van der Waals surface area contributed by atoms with E-state index < -0.39 is 5.97 Å². The highest BCUT2D eigenvalue weighted by molar-refractivity contribution is 9.10. The van der Waals surface area contributed by atoms with Gasteiger partial charge in [-0.05, 0) is 30.7 Å². The van der Waals surface area contributed by atoms with Gasteiger partial charge in [-0.25, -0.2) is 4.79 Å². The molecule has 1 amide bonds. The van der Waals surface area contributed by atoms with E-state index >= 15 is 0 Å². The number of alkyl halides is 1. The van der Waals surface area contributed by atoms with Gasteiger partial charge in [0.1, 0.15) is 0 Å². The van der Waals surface area contributed by atoms with Gasteiger partial charge in [-0.3, -0.25) is 4.79 Å². The summed E-state index contributed by atoms with van der Waals surface area (Å²) in [5.41, 5.74) is 1.11. The number of ether oxygens (including phenoxy) is 1. The van der Waals surface area contributed by atoms with Gasteiger partial charge in [0.25, 0.3) is 0 Å². The molecule has 4 nitrogen and oxygen atoms in total. The first-order chi connectivity index (χ1) is 8.08. The molecular formula is C12H14BrNO3. The molecule has 0 saturated carbocycles. The zero-order chi connectivity index (χ0) is 12.8. The molecule has 1 atom stereocenters. The molecule has 0 bridgehead atoms. The fourth-order valence-corrected chi connectivity index (χ4v) is 1.33. The summed E-state index contributed by atoms with van der Waals surface area (Å²) in [6, 6.07) is 6.55. The van der Waals surface area contributed by atoms with Gasteiger partial charge in [-0.2, -0.15) is 0 Å². The second kappa shape index (κ2) is 6.39. The Morgan fingerprint density at radius 1 is 1.35 bits per heavy atom. The highest BCUT2D eigenvalue weighted by atomic mass is 79.9. The van der Waals surface area contributed by atoms with Crippen LogP contribution < -0.4 is 5.32 Å². The summed E-state index contributed by atoms with van der Waals surface area (Å²) in [5.74, 6) is -0.492. The Morgan fingerprint density at radius 2 is 1.94 bits per heavy atom. The maximum Gasteiger partial charge on any atom is 0.337 e. The normalized spacial score (nSPS) is 11.7. The fraction of sp³-hybridized carbons (Fsp3) is 0.333. The standard InChI is InChI=1S/C12H14BrNO3/c1-3-10(13)11(15)14-9-6-4-8(5-7-9)12(16)17-2/h4-7,10H,3H2,1-2H3,(H,14,15)/t10-/m1/s1. The van der Waals surface area contributed by atoms with Crippen LogP contribution in [0.15, 0.2) is 24.3 Å². The van der Waals surface area contributed by atoms with Crippen molar-refractivity contribution in [2.24, 2.45) is 0 Å². The molecule has 92 valence electrons. The number of halogens is 1. The van der Waals surface area contributed by atoms with E-state index in [-0.39, 0.29) is 10.7 Å². The summed E-state index contributed by atoms with van der Waals surface area (Å²) in [6.45, 7) is 1.92. The van der Waals surface area contributed by atoms with E-state index in [0.717, 1.165) is 0 Å². The molecule has 0 fully saturated rings. The first-order valence-corrected chi connectivity index (χ1v) is 6.13. The van der Waals surface area contributed by atoms with Crippen molar-refractivity contribution in [2.45, 2.75) is 18.2 Å². The molecule has 1 aromatic rings. The lowest BCUT2D eigenvalue weighted by atomic mass is 10.2. The molecule has 0 unspecified atom stereocenters. The zero-order valence-corrected chi connectivity index (χ0v) is 11.3. The van der Waals surface area contributed by atoms with E-state index in [9.17, 15) is 9.59 Å². The van der Waals surface area contributed by atoms with Crippen molar-refractivity contribution in [1.29, 1.82) is 0 Å². The summed E-state index contributed by atoms with van der Waals surface area (Å²) in [4.78, 5) is 22.5. The minimum absolute atomic E-state index is 0.0988. The van der Waals surface area contributed by atoms with E-state index in [0.29, 0.717) is 17.7 Å². The molecule has 0 saturated heterocycles. The van der Waals surface area contributed by atoms with Crippen LogP contribution >= 0.6 is 15.9 Å². The molecular weight excluding hydrogens is 286 g/mol. The van der Waals surface area contributed by atoms with Crippen LogP contribution in [0.1, 0.15) is 23.7 Å². The number of benzene rings is 1. The molecule has 0 aliphatic rings. The number of esters is 1. The average molecular weight is 300 g/mol. The molecule has 0 aliphatic carbocycles. The Kier molecular flexibility index (Phi) is 5.15. The number of carbonyl (C=O) groups excluding carboxylic acids is 2. The topological polar surface area (TPSA) is 55.4 Å². The van der Waals surface area contributed by atoms with Crippen molar-refractivity contribution in [1.82, 2.24) is 0 Å². The highest BCUT2D eigenvalue weighted by Crippen LogP contribution is 2.13. The number of methoxy groups -OCH3 is 1. The van der Waals surface area contributed by atoms with Gasteiger partial charge < -0.3 is 10.1 Å². The molecule has 0 aromatic heterocycles. The number of nitrogens with one attached hydrogen (secondary N) is 1. The maximum atomic E-state index is 11.6. The lowest BCUT2D eigenvalue weighted by Crippen LogP contribution is -2.21. The molecule has 5 heteroatoms. The van der Waals surface area contributed by atoms with Crippen LogP contribution in [0.25, 0.3) is 0 Å². The van der Waals surface area contributed by atoms with Gasteiger partial charge in [0.05, 0.1) is 17.5 Å². The SMILES string of the molecule is CC[C@@H](Br)C(=O)Nc1ccc(C(=O)OC)cc1. The third kappa shape index (κ3) is 3.85. The van der Waals surface area contributed by atoms with Crippen molar-refractivity contribution in [3.05, 3.63) is 29.8 Å². The quantitative estimate of drug-likeness (QED) is 0.687. The monoisotopic (exact) mass is 299 g/mol. The Morgan fingerprint density at radius 3 is 2.41 bits per heavy atom. The van der Waals surface area contributed by atoms with Crippen LogP contribution in [0.5, 0.6) is 0 Å². The van der Waals surface area contributed by atoms with Crippen LogP contribution in [0.3, 0.4) is 0 Å². The van der Waals surface area contributed by atoms with Gasteiger partial charge >= 0.3 is 5.97 Å². The summed E-state index contributed by atoms with van der Waals surface area (Å²) in [6.07, 6.45) is 0.714. The van der Waals surface area contributed by atoms with Gasteiger partial charge in [0, 0.05) is 5.69 Å². The number of hydrogen-bond donors (Lipinski definition) is 1. The number of anilines is 1. The van der Waals surface area contributed by atoms with Crippen molar-refractivity contribution in [3.63, 3.8) is 0 Å². The fourth-order valence-electron chi connectivity index (χ4n) is 1.21. The average Bonchev–Trinajstić information content (AvgIpc) is 2.37.